The second kappa shape index (κ2) is 18.1. The molecule has 14 nitrogen and oxygen atoms in total. The van der Waals surface area contributed by atoms with Crippen LogP contribution in [0.1, 0.15) is 54.6 Å². The van der Waals surface area contributed by atoms with Gasteiger partial charge in [0.15, 0.2) is 0 Å². The Morgan fingerprint density at radius 3 is 1.93 bits per heavy atom. The fourth-order valence-corrected chi connectivity index (χ4v) is 4.93. The predicted molar refractivity (Wildman–Crippen MR) is 185 cm³/mol. The molecule has 3 aromatic rings. The van der Waals surface area contributed by atoms with Gasteiger partial charge in [-0.2, -0.15) is 15.0 Å². The van der Waals surface area contributed by atoms with Crippen molar-refractivity contribution in [3.05, 3.63) is 47.0 Å². The Kier molecular flexibility index (Phi) is 16.6. The van der Waals surface area contributed by atoms with Crippen molar-refractivity contribution in [3.63, 3.8) is 0 Å². The van der Waals surface area contributed by atoms with E-state index < -0.39 is 5.91 Å². The average Bonchev–Trinajstić information content (AvgIpc) is 2.94. The number of hydrogen-bond acceptors (Lipinski definition) is 13. The lowest BCUT2D eigenvalue weighted by atomic mass is 10.1. The number of nitrogens with zero attached hydrogens (tertiary/aromatic N) is 5. The third-order valence-electron chi connectivity index (χ3n) is 6.80. The minimum Gasteiger partial charge on any atom is -0.507 e. The van der Waals surface area contributed by atoms with Gasteiger partial charge in [-0.05, 0) is 68.9 Å². The topological polar surface area (TPSA) is 256 Å². The van der Waals surface area contributed by atoms with Crippen LogP contribution >= 0.6 is 24.0 Å². The van der Waals surface area contributed by atoms with Gasteiger partial charge in [0.25, 0.3) is 5.91 Å². The molecule has 2 fully saturated rings. The molecule has 43 heavy (non-hydrogen) atoms. The number of nitrogens with one attached hydrogen (secondary N) is 2. The van der Waals surface area contributed by atoms with Crippen LogP contribution in [0.5, 0.6) is 11.5 Å². The van der Waals surface area contributed by atoms with Crippen molar-refractivity contribution in [3.8, 4) is 11.5 Å². The van der Waals surface area contributed by atoms with Crippen LogP contribution in [0.3, 0.4) is 0 Å². The van der Waals surface area contributed by atoms with E-state index in [1.165, 1.54) is 32.1 Å². The van der Waals surface area contributed by atoms with E-state index >= 15 is 0 Å². The van der Waals surface area contributed by atoms with Gasteiger partial charge in [0.2, 0.25) is 17.8 Å². The number of halogens is 2. The van der Waals surface area contributed by atoms with Crippen LogP contribution in [0.25, 0.3) is 0 Å². The van der Waals surface area contributed by atoms with Crippen molar-refractivity contribution in [1.82, 2.24) is 39.6 Å². The van der Waals surface area contributed by atoms with Gasteiger partial charge in [-0.3, -0.25) is 4.79 Å². The summed E-state index contributed by atoms with van der Waals surface area (Å²) in [6, 6.07) is 9.64. The van der Waals surface area contributed by atoms with Crippen LogP contribution in [0.4, 0.5) is 29.2 Å². The summed E-state index contributed by atoms with van der Waals surface area (Å²) in [7, 11) is 1.53. The Morgan fingerprint density at radius 1 is 0.860 bits per heavy atom. The highest BCUT2D eigenvalue weighted by molar-refractivity contribution is 6.31. The number of phenolic OH excluding ortho intramolecular Hbond substituents is 1. The Hall–Kier alpha value is -3.66. The molecule has 0 aliphatic carbocycles. The number of methoxy groups -OCH3 is 1. The van der Waals surface area contributed by atoms with Crippen LogP contribution in [-0.4, -0.2) is 59.3 Å². The van der Waals surface area contributed by atoms with Crippen molar-refractivity contribution in [2.45, 2.75) is 38.5 Å². The second-order valence-electron chi connectivity index (χ2n) is 9.51. The van der Waals surface area contributed by atoms with E-state index in [2.05, 4.69) is 20.4 Å². The molecule has 0 atom stereocenters. The number of phenols is 1. The standard InChI is InChI=1S/C27H32ClN7O3.ClH.4H3N.4H2/c1-38-23-17-19(9-11-21(23)30-24(37)20-10-8-18(28)16-22(20)36)29-25-31-26(34-12-4-2-5-13-34)33-27(32-25)35-14-6-3-7-15-35;;;;;;;;;/h8-11,16-17,36H,2-7,12-15H2,1H3,(H,30,37)(H,29,31,32,33);1H;4*1H3;4*1H. The van der Waals surface area contributed by atoms with Crippen LogP contribution in [0.2, 0.25) is 5.02 Å². The van der Waals surface area contributed by atoms with E-state index in [1.807, 2.05) is 6.07 Å². The summed E-state index contributed by atoms with van der Waals surface area (Å²) in [5.41, 5.74) is 1.27. The smallest absolute Gasteiger partial charge is 0.259 e. The van der Waals surface area contributed by atoms with E-state index in [0.29, 0.717) is 40.0 Å². The maximum Gasteiger partial charge on any atom is 0.259 e. The number of piperidine rings is 2. The molecule has 2 aliphatic rings. The van der Waals surface area contributed by atoms with E-state index in [-0.39, 0.29) is 54.0 Å². The van der Waals surface area contributed by atoms with Crippen molar-refractivity contribution >= 4 is 59.1 Å². The van der Waals surface area contributed by atoms with Crippen LogP contribution in [0, 0.1) is 0 Å². The zero-order valence-electron chi connectivity index (χ0n) is 24.6. The molecule has 16 heteroatoms. The van der Waals surface area contributed by atoms with E-state index in [1.54, 1.807) is 18.2 Å². The number of hydrogen-bond donors (Lipinski definition) is 7. The minimum atomic E-state index is -0.479. The first kappa shape index (κ1) is 39.3. The van der Waals surface area contributed by atoms with Crippen LogP contribution < -0.4 is 49.8 Å². The summed E-state index contributed by atoms with van der Waals surface area (Å²) in [5, 5.41) is 16.5. The number of amides is 1. The summed E-state index contributed by atoms with van der Waals surface area (Å²) in [6.07, 6.45) is 6.98. The molecule has 248 valence electrons. The van der Waals surface area contributed by atoms with E-state index in [0.717, 1.165) is 51.9 Å². The lowest BCUT2D eigenvalue weighted by molar-refractivity contribution is 0.102. The molecule has 0 spiro atoms. The summed E-state index contributed by atoms with van der Waals surface area (Å²) in [5.74, 6) is 1.62. The molecule has 2 aromatic carbocycles. The normalized spacial score (nSPS) is 13.9. The molecule has 1 aromatic heterocycles. The Morgan fingerprint density at radius 2 is 1.42 bits per heavy atom. The van der Waals surface area contributed by atoms with Gasteiger partial charge in [-0.1, -0.05) is 11.6 Å². The maximum atomic E-state index is 12.7. The first-order valence-electron chi connectivity index (χ1n) is 13.0. The van der Waals surface area contributed by atoms with Crippen molar-refractivity contribution in [2.24, 2.45) is 0 Å². The highest BCUT2D eigenvalue weighted by Gasteiger charge is 2.21. The van der Waals surface area contributed by atoms with Gasteiger partial charge < -0.3 is 54.9 Å². The minimum absolute atomic E-state index is 0. The number of carbonyl (C=O) groups is 1. The Labute approximate surface area is 269 Å². The SMILES string of the molecule is COc1cc(Nc2nc(N3CCCCC3)nc(N3CCCCC3)n2)ccc1NC(=O)c1ccc(Cl)cc1O.Cl.N.N.N.N.[HH].[HH].[HH].[HH]. The fraction of sp³-hybridized carbons (Fsp3) is 0.407. The molecule has 1 amide bonds. The van der Waals surface area contributed by atoms with Gasteiger partial charge in [0.05, 0.1) is 18.4 Å². The van der Waals surface area contributed by atoms with Gasteiger partial charge in [-0.25, -0.2) is 0 Å². The first-order chi connectivity index (χ1) is 18.5. The van der Waals surface area contributed by atoms with E-state index in [4.69, 9.17) is 31.3 Å². The number of aromatic hydroxyl groups is 1. The molecule has 2 aliphatic heterocycles. The van der Waals surface area contributed by atoms with Crippen molar-refractivity contribution < 1.29 is 20.3 Å². The second-order valence-corrected chi connectivity index (χ2v) is 9.95. The molecule has 0 bridgehead atoms. The lowest BCUT2D eigenvalue weighted by Gasteiger charge is -2.30. The Balaban J connectivity index is -0.000000653. The van der Waals surface area contributed by atoms with Gasteiger partial charge in [0.1, 0.15) is 11.5 Å². The number of ether oxygens (including phenoxy) is 1. The monoisotopic (exact) mass is 649 g/mol. The molecule has 0 saturated carbocycles. The van der Waals surface area contributed by atoms with Gasteiger partial charge >= 0.3 is 0 Å². The summed E-state index contributed by atoms with van der Waals surface area (Å²) in [4.78, 5) is 31.5. The summed E-state index contributed by atoms with van der Waals surface area (Å²) in [6.45, 7) is 3.76. The molecule has 3 heterocycles. The first-order valence-corrected chi connectivity index (χ1v) is 13.4. The zero-order valence-corrected chi connectivity index (χ0v) is 26.2. The molecule has 0 radical (unpaired) electrons. The number of anilines is 5. The number of carbonyl (C=O) groups excluding carboxylic acids is 1. The van der Waals surface area contributed by atoms with Crippen molar-refractivity contribution in [2.75, 3.05) is 53.7 Å². The zero-order chi connectivity index (χ0) is 26.5. The molecular formula is C27H53Cl2N11O3. The molecule has 15 N–H and O–H groups in total. The quantitative estimate of drug-likeness (QED) is 0.133. The van der Waals surface area contributed by atoms with Gasteiger partial charge in [0, 0.05) is 48.7 Å². The molecule has 5 rings (SSSR count). The Bertz CT molecular complexity index is 1290. The predicted octanol–water partition coefficient (Wildman–Crippen LogP) is 7.27. The van der Waals surface area contributed by atoms with Crippen molar-refractivity contribution in [1.29, 1.82) is 0 Å². The number of aromatic nitrogens is 3. The molecule has 0 unspecified atom stereocenters. The summed E-state index contributed by atoms with van der Waals surface area (Å²) < 4.78 is 5.54. The van der Waals surface area contributed by atoms with E-state index in [9.17, 15) is 9.90 Å². The fourth-order valence-electron chi connectivity index (χ4n) is 4.77. The van der Waals surface area contributed by atoms with Crippen LogP contribution in [0.15, 0.2) is 36.4 Å². The average molecular weight is 651 g/mol. The van der Waals surface area contributed by atoms with Gasteiger partial charge in [-0.15, -0.1) is 12.4 Å². The maximum absolute atomic E-state index is 12.7. The highest BCUT2D eigenvalue weighted by Crippen LogP contribution is 2.31. The summed E-state index contributed by atoms with van der Waals surface area (Å²) >= 11 is 5.88. The molecular weight excluding hydrogens is 597 g/mol. The number of benzene rings is 2. The largest absolute Gasteiger partial charge is 0.507 e. The number of rotatable bonds is 7. The highest BCUT2D eigenvalue weighted by atomic mass is 35.5. The third-order valence-corrected chi connectivity index (χ3v) is 7.03. The van der Waals surface area contributed by atoms with Crippen LogP contribution in [-0.2, 0) is 0 Å². The third kappa shape index (κ3) is 9.68. The molecule has 2 saturated heterocycles. The lowest BCUT2D eigenvalue weighted by Crippen LogP contribution is -2.34.